The zero-order chi connectivity index (χ0) is 10.4. The van der Waals surface area contributed by atoms with E-state index in [0.717, 1.165) is 18.7 Å². The van der Waals surface area contributed by atoms with E-state index in [9.17, 15) is 0 Å². The molecule has 0 spiro atoms. The molecule has 1 heterocycles. The van der Waals surface area contributed by atoms with Gasteiger partial charge in [0.2, 0.25) is 0 Å². The van der Waals surface area contributed by atoms with Crippen LogP contribution in [0.25, 0.3) is 0 Å². The first kappa shape index (κ1) is 11.1. The predicted molar refractivity (Wildman–Crippen MR) is 56.9 cm³/mol. The molecule has 1 unspecified atom stereocenters. The van der Waals surface area contributed by atoms with Gasteiger partial charge in [-0.25, -0.2) is 0 Å². The Bertz CT molecular complexity index is 276. The van der Waals surface area contributed by atoms with Crippen LogP contribution < -0.4 is 5.73 Å². The fraction of sp³-hybridized carbons (Fsp3) is 0.545. The lowest BCUT2D eigenvalue weighted by Crippen LogP contribution is -2.13. The van der Waals surface area contributed by atoms with Gasteiger partial charge >= 0.3 is 0 Å². The number of pyridine rings is 1. The molecule has 1 rings (SSSR count). The highest BCUT2D eigenvalue weighted by Gasteiger charge is 2.02. The summed E-state index contributed by atoms with van der Waals surface area (Å²) in [5.74, 6) is 0.521. The molecular weight excluding hydrogens is 176 g/mol. The van der Waals surface area contributed by atoms with Gasteiger partial charge in [-0.1, -0.05) is 6.92 Å². The highest BCUT2D eigenvalue weighted by Crippen LogP contribution is 2.08. The Kier molecular flexibility index (Phi) is 4.56. The molecule has 0 aliphatic carbocycles. The van der Waals surface area contributed by atoms with Crippen LogP contribution in [0.15, 0.2) is 18.3 Å². The number of aromatic nitrogens is 1. The molecule has 1 aromatic rings. The first-order valence-electron chi connectivity index (χ1n) is 4.89. The summed E-state index contributed by atoms with van der Waals surface area (Å²) in [5.41, 5.74) is 7.84. The van der Waals surface area contributed by atoms with E-state index in [1.165, 1.54) is 5.56 Å². The maximum absolute atomic E-state index is 5.58. The van der Waals surface area contributed by atoms with Gasteiger partial charge in [0.25, 0.3) is 0 Å². The number of hydrogen-bond donors (Lipinski definition) is 1. The van der Waals surface area contributed by atoms with E-state index in [-0.39, 0.29) is 0 Å². The van der Waals surface area contributed by atoms with Crippen LogP contribution in [0.4, 0.5) is 0 Å². The highest BCUT2D eigenvalue weighted by molar-refractivity contribution is 5.16. The van der Waals surface area contributed by atoms with Gasteiger partial charge in [0, 0.05) is 13.3 Å². The zero-order valence-corrected chi connectivity index (χ0v) is 8.86. The van der Waals surface area contributed by atoms with Gasteiger partial charge < -0.3 is 10.5 Å². The van der Waals surface area contributed by atoms with Gasteiger partial charge in [-0.3, -0.25) is 4.98 Å². The van der Waals surface area contributed by atoms with Crippen molar-refractivity contribution in [1.82, 2.24) is 4.98 Å². The predicted octanol–water partition coefficient (Wildman–Crippen LogP) is 1.37. The topological polar surface area (TPSA) is 48.1 Å². The number of nitrogens with zero attached hydrogens (tertiary/aromatic N) is 1. The Morgan fingerprint density at radius 1 is 1.57 bits per heavy atom. The minimum Gasteiger partial charge on any atom is -0.378 e. The van der Waals surface area contributed by atoms with E-state index >= 15 is 0 Å². The van der Waals surface area contributed by atoms with Crippen molar-refractivity contribution < 1.29 is 4.74 Å². The van der Waals surface area contributed by atoms with E-state index in [0.29, 0.717) is 12.5 Å². The van der Waals surface area contributed by atoms with Gasteiger partial charge in [-0.05, 0) is 36.6 Å². The van der Waals surface area contributed by atoms with Crippen LogP contribution in [0.3, 0.4) is 0 Å². The summed E-state index contributed by atoms with van der Waals surface area (Å²) in [5, 5.41) is 0. The summed E-state index contributed by atoms with van der Waals surface area (Å²) in [7, 11) is 1.68. The lowest BCUT2D eigenvalue weighted by molar-refractivity contribution is 0.181. The van der Waals surface area contributed by atoms with Crippen molar-refractivity contribution in [2.45, 2.75) is 20.0 Å². The van der Waals surface area contributed by atoms with Gasteiger partial charge in [-0.15, -0.1) is 0 Å². The van der Waals surface area contributed by atoms with Crippen LogP contribution in [0, 0.1) is 5.92 Å². The minimum atomic E-state index is 0.521. The van der Waals surface area contributed by atoms with E-state index in [2.05, 4.69) is 18.0 Å². The van der Waals surface area contributed by atoms with Crippen molar-refractivity contribution in [3.63, 3.8) is 0 Å². The summed E-state index contributed by atoms with van der Waals surface area (Å²) in [6.07, 6.45) is 2.84. The van der Waals surface area contributed by atoms with E-state index in [1.807, 2.05) is 12.3 Å². The third-order valence-corrected chi connectivity index (χ3v) is 2.16. The SMILES string of the molecule is COCc1cc(CC(C)CN)ccn1. The van der Waals surface area contributed by atoms with Crippen LogP contribution in [0.1, 0.15) is 18.2 Å². The molecule has 0 saturated heterocycles. The van der Waals surface area contributed by atoms with Crippen molar-refractivity contribution in [3.8, 4) is 0 Å². The fourth-order valence-corrected chi connectivity index (χ4v) is 1.37. The van der Waals surface area contributed by atoms with Crippen LogP contribution in [-0.2, 0) is 17.8 Å². The Morgan fingerprint density at radius 2 is 2.36 bits per heavy atom. The second-order valence-electron chi connectivity index (χ2n) is 3.63. The van der Waals surface area contributed by atoms with Gasteiger partial charge in [-0.2, -0.15) is 0 Å². The summed E-state index contributed by atoms with van der Waals surface area (Å²) >= 11 is 0. The van der Waals surface area contributed by atoms with E-state index in [1.54, 1.807) is 7.11 Å². The molecule has 3 nitrogen and oxygen atoms in total. The zero-order valence-electron chi connectivity index (χ0n) is 8.86. The average molecular weight is 194 g/mol. The third-order valence-electron chi connectivity index (χ3n) is 2.16. The summed E-state index contributed by atoms with van der Waals surface area (Å²) in [6.45, 7) is 3.45. The molecule has 0 bridgehead atoms. The number of rotatable bonds is 5. The van der Waals surface area contributed by atoms with Crippen LogP contribution in [0.5, 0.6) is 0 Å². The summed E-state index contributed by atoms with van der Waals surface area (Å²) in [4.78, 5) is 4.21. The van der Waals surface area contributed by atoms with Crippen LogP contribution >= 0.6 is 0 Å². The Labute approximate surface area is 85.3 Å². The summed E-state index contributed by atoms with van der Waals surface area (Å²) < 4.78 is 5.03. The Balaban J connectivity index is 2.63. The molecule has 0 saturated carbocycles. The molecule has 3 heteroatoms. The minimum absolute atomic E-state index is 0.521. The second kappa shape index (κ2) is 5.73. The molecule has 0 aliphatic rings. The summed E-state index contributed by atoms with van der Waals surface area (Å²) in [6, 6.07) is 4.11. The smallest absolute Gasteiger partial charge is 0.0884 e. The fourth-order valence-electron chi connectivity index (χ4n) is 1.37. The molecule has 0 aromatic carbocycles. The Morgan fingerprint density at radius 3 is 3.00 bits per heavy atom. The monoisotopic (exact) mass is 194 g/mol. The van der Waals surface area contributed by atoms with Crippen LogP contribution in [-0.4, -0.2) is 18.6 Å². The molecule has 0 fully saturated rings. The lowest BCUT2D eigenvalue weighted by Gasteiger charge is -2.08. The number of methoxy groups -OCH3 is 1. The van der Waals surface area contributed by atoms with Crippen molar-refractivity contribution in [2.75, 3.05) is 13.7 Å². The molecule has 2 N–H and O–H groups in total. The highest BCUT2D eigenvalue weighted by atomic mass is 16.5. The van der Waals surface area contributed by atoms with Gasteiger partial charge in [0.15, 0.2) is 0 Å². The van der Waals surface area contributed by atoms with Crippen LogP contribution in [0.2, 0.25) is 0 Å². The number of nitrogens with two attached hydrogens (primary N) is 1. The standard InChI is InChI=1S/C11H18N2O/c1-9(7-12)5-10-3-4-13-11(6-10)8-14-2/h3-4,6,9H,5,7-8,12H2,1-2H3. The van der Waals surface area contributed by atoms with Crippen molar-refractivity contribution >= 4 is 0 Å². The van der Waals surface area contributed by atoms with Crippen molar-refractivity contribution in [1.29, 1.82) is 0 Å². The van der Waals surface area contributed by atoms with Gasteiger partial charge in [0.05, 0.1) is 12.3 Å². The normalized spacial score (nSPS) is 12.8. The maximum Gasteiger partial charge on any atom is 0.0884 e. The third kappa shape index (κ3) is 3.44. The molecule has 78 valence electrons. The molecule has 0 amide bonds. The average Bonchev–Trinajstić information content (AvgIpc) is 2.19. The maximum atomic E-state index is 5.58. The van der Waals surface area contributed by atoms with Crippen molar-refractivity contribution in [3.05, 3.63) is 29.6 Å². The molecule has 1 atom stereocenters. The van der Waals surface area contributed by atoms with Gasteiger partial charge in [0.1, 0.15) is 0 Å². The quantitative estimate of drug-likeness (QED) is 0.770. The second-order valence-corrected chi connectivity index (χ2v) is 3.63. The molecule has 14 heavy (non-hydrogen) atoms. The van der Waals surface area contributed by atoms with E-state index in [4.69, 9.17) is 10.5 Å². The van der Waals surface area contributed by atoms with Crippen molar-refractivity contribution in [2.24, 2.45) is 11.7 Å². The number of ether oxygens (including phenoxy) is 1. The number of hydrogen-bond acceptors (Lipinski definition) is 3. The molecule has 0 radical (unpaired) electrons. The molecule has 1 aromatic heterocycles. The largest absolute Gasteiger partial charge is 0.378 e. The Hall–Kier alpha value is -0.930. The lowest BCUT2D eigenvalue weighted by atomic mass is 10.0. The molecule has 0 aliphatic heterocycles. The first-order valence-corrected chi connectivity index (χ1v) is 4.89. The molecular formula is C11H18N2O. The first-order chi connectivity index (χ1) is 6.76. The van der Waals surface area contributed by atoms with E-state index < -0.39 is 0 Å².